The summed E-state index contributed by atoms with van der Waals surface area (Å²) in [5.41, 5.74) is 0.0109. The maximum absolute atomic E-state index is 11.5. The van der Waals surface area contributed by atoms with Gasteiger partial charge in [-0.25, -0.2) is 4.79 Å². The summed E-state index contributed by atoms with van der Waals surface area (Å²) in [5.74, 6) is -0.539. The molecule has 86 valence electrons. The first kappa shape index (κ1) is 11.6. The Morgan fingerprint density at radius 2 is 2.24 bits per heavy atom. The Morgan fingerprint density at radius 1 is 1.47 bits per heavy atom. The highest BCUT2D eigenvalue weighted by Crippen LogP contribution is 2.33. The Kier molecular flexibility index (Phi) is 2.86. The maximum Gasteiger partial charge on any atom is 0.350 e. The number of nitriles is 1. The van der Waals surface area contributed by atoms with Crippen LogP contribution in [0.4, 0.5) is 0 Å². The summed E-state index contributed by atoms with van der Waals surface area (Å²) in [6, 6.07) is 5.83. The first-order valence-electron chi connectivity index (χ1n) is 5.14. The molecule has 0 bridgehead atoms. The monoisotopic (exact) mass is 245 g/mol. The van der Waals surface area contributed by atoms with Crippen molar-refractivity contribution in [1.82, 2.24) is 0 Å². The smallest absolute Gasteiger partial charge is 0.350 e. The molecule has 0 unspecified atom stereocenters. The van der Waals surface area contributed by atoms with E-state index in [1.54, 1.807) is 31.3 Å². The first-order valence-corrected chi connectivity index (χ1v) is 6.02. The van der Waals surface area contributed by atoms with Crippen molar-refractivity contribution in [2.75, 3.05) is 0 Å². The van der Waals surface area contributed by atoms with Gasteiger partial charge in [0, 0.05) is 10.5 Å². The molecule has 0 aliphatic carbocycles. The molecule has 1 aromatic heterocycles. The Balaban J connectivity index is 2.38. The van der Waals surface area contributed by atoms with E-state index in [0.717, 1.165) is 4.88 Å². The molecule has 0 saturated heterocycles. The molecule has 0 amide bonds. The molecular formula is C13H11NO2S. The van der Waals surface area contributed by atoms with Crippen LogP contribution in [0.5, 0.6) is 0 Å². The standard InChI is InChI=1S/C13H11NO2S/c1-13(2)11(10(8-14)12(15)16-13)6-5-9-4-3-7-17-9/h3-7H,1-2H3/b6-5+. The summed E-state index contributed by atoms with van der Waals surface area (Å²) in [5, 5.41) is 10.9. The number of rotatable bonds is 2. The predicted octanol–water partition coefficient (Wildman–Crippen LogP) is 2.92. The minimum absolute atomic E-state index is 0.0998. The van der Waals surface area contributed by atoms with E-state index in [-0.39, 0.29) is 5.57 Å². The van der Waals surface area contributed by atoms with Crippen molar-refractivity contribution in [3.8, 4) is 6.07 Å². The van der Waals surface area contributed by atoms with Gasteiger partial charge < -0.3 is 4.74 Å². The summed E-state index contributed by atoms with van der Waals surface area (Å²) in [6.45, 7) is 3.56. The normalized spacial score (nSPS) is 18.5. The van der Waals surface area contributed by atoms with E-state index < -0.39 is 11.6 Å². The maximum atomic E-state index is 11.5. The third kappa shape index (κ3) is 2.15. The lowest BCUT2D eigenvalue weighted by molar-refractivity contribution is -0.144. The number of hydrogen-bond acceptors (Lipinski definition) is 4. The van der Waals surface area contributed by atoms with Crippen molar-refractivity contribution in [2.24, 2.45) is 0 Å². The van der Waals surface area contributed by atoms with Crippen LogP contribution < -0.4 is 0 Å². The minimum atomic E-state index is -0.726. The lowest BCUT2D eigenvalue weighted by Gasteiger charge is -2.18. The van der Waals surface area contributed by atoms with Gasteiger partial charge >= 0.3 is 5.97 Å². The van der Waals surface area contributed by atoms with Gasteiger partial charge in [-0.3, -0.25) is 0 Å². The van der Waals surface area contributed by atoms with E-state index in [0.29, 0.717) is 5.57 Å². The zero-order valence-corrected chi connectivity index (χ0v) is 10.4. The van der Waals surface area contributed by atoms with Crippen molar-refractivity contribution < 1.29 is 9.53 Å². The third-order valence-corrected chi connectivity index (χ3v) is 3.38. The Bertz CT molecular complexity index is 544. The number of nitrogens with zero attached hydrogens (tertiary/aromatic N) is 1. The van der Waals surface area contributed by atoms with Crippen LogP contribution in [0.2, 0.25) is 0 Å². The van der Waals surface area contributed by atoms with E-state index in [4.69, 9.17) is 10.00 Å². The van der Waals surface area contributed by atoms with Gasteiger partial charge in [-0.2, -0.15) is 5.26 Å². The number of cyclic esters (lactones) is 1. The molecule has 0 fully saturated rings. The molecule has 1 aliphatic heterocycles. The molecule has 0 radical (unpaired) electrons. The van der Waals surface area contributed by atoms with Gasteiger partial charge in [-0.1, -0.05) is 12.1 Å². The van der Waals surface area contributed by atoms with Crippen molar-refractivity contribution in [1.29, 1.82) is 5.26 Å². The van der Waals surface area contributed by atoms with E-state index >= 15 is 0 Å². The fraction of sp³-hybridized carbons (Fsp3) is 0.231. The average molecular weight is 245 g/mol. The van der Waals surface area contributed by atoms with E-state index in [2.05, 4.69) is 0 Å². The van der Waals surface area contributed by atoms with Crippen LogP contribution in [0.1, 0.15) is 18.7 Å². The third-order valence-electron chi connectivity index (χ3n) is 2.54. The van der Waals surface area contributed by atoms with Crippen molar-refractivity contribution in [3.05, 3.63) is 39.6 Å². The molecule has 4 heteroatoms. The van der Waals surface area contributed by atoms with Crippen LogP contribution in [0.3, 0.4) is 0 Å². The summed E-state index contributed by atoms with van der Waals surface area (Å²) < 4.78 is 5.15. The SMILES string of the molecule is CC1(C)OC(=O)C(C#N)=C1/C=C/c1cccs1. The Morgan fingerprint density at radius 3 is 2.82 bits per heavy atom. The molecule has 0 spiro atoms. The fourth-order valence-electron chi connectivity index (χ4n) is 1.69. The van der Waals surface area contributed by atoms with Crippen LogP contribution in [-0.2, 0) is 9.53 Å². The second-order valence-corrected chi connectivity index (χ2v) is 5.13. The van der Waals surface area contributed by atoms with Gasteiger partial charge in [0.15, 0.2) is 0 Å². The number of ether oxygens (including phenoxy) is 1. The molecule has 1 aromatic rings. The largest absolute Gasteiger partial charge is 0.451 e. The second kappa shape index (κ2) is 4.19. The van der Waals surface area contributed by atoms with E-state index in [1.807, 2.05) is 29.7 Å². The average Bonchev–Trinajstić information content (AvgIpc) is 2.81. The summed E-state index contributed by atoms with van der Waals surface area (Å²) in [7, 11) is 0. The lowest BCUT2D eigenvalue weighted by Crippen LogP contribution is -2.22. The highest BCUT2D eigenvalue weighted by molar-refractivity contribution is 7.10. The predicted molar refractivity (Wildman–Crippen MR) is 66.2 cm³/mol. The van der Waals surface area contributed by atoms with Crippen molar-refractivity contribution in [2.45, 2.75) is 19.4 Å². The number of esters is 1. The molecular weight excluding hydrogens is 234 g/mol. The minimum Gasteiger partial charge on any atom is -0.451 e. The zero-order valence-electron chi connectivity index (χ0n) is 9.56. The lowest BCUT2D eigenvalue weighted by atomic mass is 9.95. The number of thiophene rings is 1. The summed E-state index contributed by atoms with van der Waals surface area (Å²) in [4.78, 5) is 12.5. The van der Waals surface area contributed by atoms with Gasteiger partial charge in [0.1, 0.15) is 17.2 Å². The molecule has 0 saturated carbocycles. The van der Waals surface area contributed by atoms with Gasteiger partial charge in [0.05, 0.1) is 0 Å². The van der Waals surface area contributed by atoms with E-state index in [9.17, 15) is 4.79 Å². The van der Waals surface area contributed by atoms with Crippen LogP contribution in [0, 0.1) is 11.3 Å². The van der Waals surface area contributed by atoms with Crippen LogP contribution in [-0.4, -0.2) is 11.6 Å². The Labute approximate surface area is 104 Å². The number of carbonyl (C=O) groups is 1. The zero-order chi connectivity index (χ0) is 12.5. The quantitative estimate of drug-likeness (QED) is 0.753. The summed E-state index contributed by atoms with van der Waals surface area (Å²) in [6.07, 6.45) is 3.68. The van der Waals surface area contributed by atoms with Gasteiger partial charge in [0.2, 0.25) is 0 Å². The first-order chi connectivity index (χ1) is 8.04. The molecule has 0 aromatic carbocycles. The summed E-state index contributed by atoms with van der Waals surface area (Å²) >= 11 is 1.60. The van der Waals surface area contributed by atoms with Crippen LogP contribution in [0.25, 0.3) is 6.08 Å². The Hall–Kier alpha value is -1.86. The molecule has 3 nitrogen and oxygen atoms in total. The van der Waals surface area contributed by atoms with Crippen molar-refractivity contribution >= 4 is 23.4 Å². The van der Waals surface area contributed by atoms with Gasteiger partial charge in [0.25, 0.3) is 0 Å². The van der Waals surface area contributed by atoms with Crippen LogP contribution in [0.15, 0.2) is 34.7 Å². The van der Waals surface area contributed by atoms with E-state index in [1.165, 1.54) is 0 Å². The fourth-order valence-corrected chi connectivity index (χ4v) is 2.31. The number of hydrogen-bond donors (Lipinski definition) is 0. The van der Waals surface area contributed by atoms with Crippen molar-refractivity contribution in [3.63, 3.8) is 0 Å². The second-order valence-electron chi connectivity index (χ2n) is 4.15. The molecule has 2 rings (SSSR count). The van der Waals surface area contributed by atoms with Crippen LogP contribution >= 0.6 is 11.3 Å². The molecule has 1 aliphatic rings. The highest BCUT2D eigenvalue weighted by atomic mass is 32.1. The van der Waals surface area contributed by atoms with Gasteiger partial charge in [-0.15, -0.1) is 11.3 Å². The topological polar surface area (TPSA) is 50.1 Å². The van der Waals surface area contributed by atoms with Gasteiger partial charge in [-0.05, 0) is 31.4 Å². The molecule has 2 heterocycles. The molecule has 0 atom stereocenters. The molecule has 17 heavy (non-hydrogen) atoms. The number of carbonyl (C=O) groups excluding carboxylic acids is 1. The molecule has 0 N–H and O–H groups in total. The highest BCUT2D eigenvalue weighted by Gasteiger charge is 2.39.